The van der Waals surface area contributed by atoms with Gasteiger partial charge in [0, 0.05) is 13.0 Å². The fourth-order valence-corrected chi connectivity index (χ4v) is 0.236. The van der Waals surface area contributed by atoms with Gasteiger partial charge in [0.05, 0.1) is 6.67 Å². The predicted octanol–water partition coefficient (Wildman–Crippen LogP) is 1.04. The second-order valence-corrected chi connectivity index (χ2v) is 3.64. The molecule has 0 aliphatic carbocycles. The molecule has 10 heteroatoms. The van der Waals surface area contributed by atoms with Gasteiger partial charge in [-0.3, -0.25) is 8.94 Å². The number of hydrogen-bond donors (Lipinski definition) is 2. The van der Waals surface area contributed by atoms with Gasteiger partial charge >= 0.3 is 15.6 Å². The lowest BCUT2D eigenvalue weighted by Gasteiger charge is -1.97. The van der Waals surface area contributed by atoms with E-state index in [9.17, 15) is 22.0 Å². The van der Waals surface area contributed by atoms with E-state index in [1.807, 2.05) is 0 Å². The second-order valence-electron chi connectivity index (χ2n) is 2.23. The smallest absolute Gasteiger partial charge is 0.328 e. The molecule has 0 saturated heterocycles. The standard InChI is InChI=1S/C4H9F2N.CHF3O3S/c5-2-1-4(6)3-7;2-1(3,4)8(5,6)7/h4H,1-3,7H2;(H,5,6,7). The molecule has 4 nitrogen and oxygen atoms in total. The van der Waals surface area contributed by atoms with Crippen LogP contribution in [0.5, 0.6) is 0 Å². The van der Waals surface area contributed by atoms with Gasteiger partial charge in [-0.05, 0) is 0 Å². The fourth-order valence-electron chi connectivity index (χ4n) is 0.236. The quantitative estimate of drug-likeness (QED) is 0.451. The van der Waals surface area contributed by atoms with Gasteiger partial charge in [0.25, 0.3) is 0 Å². The first-order chi connectivity index (χ1) is 6.56. The van der Waals surface area contributed by atoms with Crippen molar-refractivity contribution in [2.45, 2.75) is 18.1 Å². The van der Waals surface area contributed by atoms with Crippen molar-refractivity contribution in [2.24, 2.45) is 5.73 Å². The monoisotopic (exact) mass is 259 g/mol. The Bertz CT molecular complexity index is 252. The van der Waals surface area contributed by atoms with Gasteiger partial charge in [0.15, 0.2) is 0 Å². The van der Waals surface area contributed by atoms with Crippen molar-refractivity contribution in [3.63, 3.8) is 0 Å². The van der Waals surface area contributed by atoms with Crippen LogP contribution in [0.1, 0.15) is 6.42 Å². The third-order valence-electron chi connectivity index (χ3n) is 0.971. The molecule has 15 heavy (non-hydrogen) atoms. The minimum absolute atomic E-state index is 0.0590. The third kappa shape index (κ3) is 9.82. The fraction of sp³-hybridized carbons (Fsp3) is 1.00. The molecule has 94 valence electrons. The van der Waals surface area contributed by atoms with Crippen LogP contribution in [-0.4, -0.2) is 37.9 Å². The average molecular weight is 259 g/mol. The van der Waals surface area contributed by atoms with Gasteiger partial charge in [-0.1, -0.05) is 0 Å². The summed E-state index contributed by atoms with van der Waals surface area (Å²) in [6, 6.07) is 0. The summed E-state index contributed by atoms with van der Waals surface area (Å²) in [6.45, 7) is -0.678. The summed E-state index contributed by atoms with van der Waals surface area (Å²) in [4.78, 5) is 0. The van der Waals surface area contributed by atoms with Crippen molar-refractivity contribution < 1.29 is 34.9 Å². The summed E-state index contributed by atoms with van der Waals surface area (Å²) in [7, 11) is -5.84. The summed E-state index contributed by atoms with van der Waals surface area (Å²) < 4.78 is 80.4. The van der Waals surface area contributed by atoms with E-state index in [-0.39, 0.29) is 13.0 Å². The minimum atomic E-state index is -5.84. The highest BCUT2D eigenvalue weighted by atomic mass is 32.2. The molecule has 0 bridgehead atoms. The summed E-state index contributed by atoms with van der Waals surface area (Å²) >= 11 is 0. The van der Waals surface area contributed by atoms with Crippen LogP contribution in [0.25, 0.3) is 0 Å². The van der Waals surface area contributed by atoms with Crippen molar-refractivity contribution in [2.75, 3.05) is 13.2 Å². The maximum Gasteiger partial charge on any atom is 0.522 e. The van der Waals surface area contributed by atoms with Crippen LogP contribution in [-0.2, 0) is 10.1 Å². The van der Waals surface area contributed by atoms with Crippen LogP contribution in [0, 0.1) is 0 Å². The molecule has 0 radical (unpaired) electrons. The zero-order valence-corrected chi connectivity index (χ0v) is 8.15. The van der Waals surface area contributed by atoms with E-state index in [1.54, 1.807) is 0 Å². The minimum Gasteiger partial charge on any atom is -0.328 e. The lowest BCUT2D eigenvalue weighted by molar-refractivity contribution is -0.0510. The molecule has 1 atom stereocenters. The number of hydrogen-bond acceptors (Lipinski definition) is 3. The van der Waals surface area contributed by atoms with E-state index in [4.69, 9.17) is 18.7 Å². The van der Waals surface area contributed by atoms with E-state index in [1.165, 1.54) is 0 Å². The van der Waals surface area contributed by atoms with Gasteiger partial charge in [-0.25, -0.2) is 4.39 Å². The Hall–Kier alpha value is -0.480. The van der Waals surface area contributed by atoms with Crippen LogP contribution in [0.3, 0.4) is 0 Å². The predicted molar refractivity (Wildman–Crippen MR) is 42.1 cm³/mol. The highest BCUT2D eigenvalue weighted by Gasteiger charge is 2.44. The van der Waals surface area contributed by atoms with E-state index in [0.717, 1.165) is 0 Å². The molecule has 0 aromatic rings. The van der Waals surface area contributed by atoms with Gasteiger partial charge in [0.1, 0.15) is 6.17 Å². The largest absolute Gasteiger partial charge is 0.522 e. The molecule has 0 amide bonds. The van der Waals surface area contributed by atoms with E-state index >= 15 is 0 Å². The first-order valence-electron chi connectivity index (χ1n) is 3.50. The third-order valence-corrected chi connectivity index (χ3v) is 1.56. The molecule has 0 aliphatic heterocycles. The van der Waals surface area contributed by atoms with Crippen molar-refractivity contribution in [1.82, 2.24) is 0 Å². The van der Waals surface area contributed by atoms with Crippen LogP contribution in [0.15, 0.2) is 0 Å². The summed E-state index contributed by atoms with van der Waals surface area (Å²) in [6.07, 6.45) is -1.21. The molecule has 0 heterocycles. The number of nitrogens with two attached hydrogens (primary N) is 1. The summed E-state index contributed by atoms with van der Waals surface area (Å²) in [5, 5.41) is 0. The topological polar surface area (TPSA) is 80.4 Å². The highest BCUT2D eigenvalue weighted by molar-refractivity contribution is 7.86. The Balaban J connectivity index is 0. The highest BCUT2D eigenvalue weighted by Crippen LogP contribution is 2.20. The van der Waals surface area contributed by atoms with Gasteiger partial charge < -0.3 is 5.73 Å². The Morgan fingerprint density at radius 1 is 1.33 bits per heavy atom. The SMILES string of the molecule is NCC(F)CCF.O=S(=O)(O)C(F)(F)F. The molecular formula is C5H10F5NO3S. The van der Waals surface area contributed by atoms with Crippen molar-refractivity contribution in [3.8, 4) is 0 Å². The zero-order valence-electron chi connectivity index (χ0n) is 7.34. The Morgan fingerprint density at radius 3 is 1.73 bits per heavy atom. The van der Waals surface area contributed by atoms with Crippen LogP contribution < -0.4 is 5.73 Å². The van der Waals surface area contributed by atoms with Crippen LogP contribution in [0.2, 0.25) is 0 Å². The van der Waals surface area contributed by atoms with Crippen molar-refractivity contribution in [1.29, 1.82) is 0 Å². The molecule has 0 aromatic heterocycles. The lowest BCUT2D eigenvalue weighted by atomic mass is 10.3. The normalized spacial score (nSPS) is 14.1. The van der Waals surface area contributed by atoms with Crippen molar-refractivity contribution >= 4 is 10.1 Å². The molecule has 0 rings (SSSR count). The Labute approximate surface area is 83.0 Å². The molecule has 3 N–H and O–H groups in total. The first-order valence-corrected chi connectivity index (χ1v) is 4.94. The molecule has 0 fully saturated rings. The molecule has 1 unspecified atom stereocenters. The molecular weight excluding hydrogens is 249 g/mol. The molecule has 0 saturated carbocycles. The van der Waals surface area contributed by atoms with Gasteiger partial charge in [0.2, 0.25) is 0 Å². The van der Waals surface area contributed by atoms with E-state index in [2.05, 4.69) is 0 Å². The summed E-state index contributed by atoms with van der Waals surface area (Å²) in [5.74, 6) is 0. The van der Waals surface area contributed by atoms with E-state index < -0.39 is 28.5 Å². The maximum atomic E-state index is 11.8. The van der Waals surface area contributed by atoms with Gasteiger partial charge in [-0.2, -0.15) is 21.6 Å². The Kier molecular flexibility index (Phi) is 7.79. The van der Waals surface area contributed by atoms with Crippen LogP contribution >= 0.6 is 0 Å². The molecule has 0 aromatic carbocycles. The average Bonchev–Trinajstić information content (AvgIpc) is 2.02. The lowest BCUT2D eigenvalue weighted by Crippen LogP contribution is -2.21. The zero-order chi connectivity index (χ0) is 12.7. The van der Waals surface area contributed by atoms with Crippen LogP contribution in [0.4, 0.5) is 22.0 Å². The van der Waals surface area contributed by atoms with E-state index in [0.29, 0.717) is 0 Å². The second kappa shape index (κ2) is 6.90. The Morgan fingerprint density at radius 2 is 1.67 bits per heavy atom. The number of halogens is 5. The molecule has 0 aliphatic rings. The van der Waals surface area contributed by atoms with Gasteiger partial charge in [-0.15, -0.1) is 0 Å². The maximum absolute atomic E-state index is 11.8. The van der Waals surface area contributed by atoms with Crippen molar-refractivity contribution in [3.05, 3.63) is 0 Å². The number of alkyl halides is 5. The summed E-state index contributed by atoms with van der Waals surface area (Å²) in [5.41, 5.74) is -0.718. The first kappa shape index (κ1) is 16.9. The molecule has 0 spiro atoms. The number of rotatable bonds is 3.